The Kier molecular flexibility index (Phi) is 5.20. The van der Waals surface area contributed by atoms with Crippen LogP contribution in [-0.4, -0.2) is 41.2 Å². The zero-order valence-electron chi connectivity index (χ0n) is 13.6. The van der Waals surface area contributed by atoms with Crippen LogP contribution in [0.1, 0.15) is 47.0 Å². The molecule has 1 saturated heterocycles. The van der Waals surface area contributed by atoms with Crippen molar-refractivity contribution in [1.29, 1.82) is 0 Å². The monoisotopic (exact) mass is 293 g/mol. The molecular formula is C15H27N5O. The number of hydrogen-bond acceptors (Lipinski definition) is 6. The maximum absolute atomic E-state index is 5.47. The van der Waals surface area contributed by atoms with Crippen molar-refractivity contribution in [3.8, 4) is 6.01 Å². The van der Waals surface area contributed by atoms with Gasteiger partial charge in [0.2, 0.25) is 11.9 Å². The van der Waals surface area contributed by atoms with E-state index in [1.165, 1.54) is 19.3 Å². The molecule has 6 heteroatoms. The molecule has 1 fully saturated rings. The zero-order valence-corrected chi connectivity index (χ0v) is 13.6. The lowest BCUT2D eigenvalue weighted by molar-refractivity contribution is 0.300. The number of ether oxygens (including phenoxy) is 1. The molecule has 21 heavy (non-hydrogen) atoms. The molecule has 0 aliphatic carbocycles. The fourth-order valence-corrected chi connectivity index (χ4v) is 2.85. The lowest BCUT2D eigenvalue weighted by atomic mass is 9.82. The summed E-state index contributed by atoms with van der Waals surface area (Å²) < 4.78 is 5.47. The van der Waals surface area contributed by atoms with Crippen LogP contribution in [0.2, 0.25) is 0 Å². The molecule has 2 rings (SSSR count). The maximum Gasteiger partial charge on any atom is 0.323 e. The molecule has 0 atom stereocenters. The van der Waals surface area contributed by atoms with E-state index in [1.54, 1.807) is 0 Å². The van der Waals surface area contributed by atoms with Crippen LogP contribution in [0.15, 0.2) is 0 Å². The molecule has 0 amide bonds. The molecule has 2 heterocycles. The SMILES string of the molecule is CCNc1nc(OCC)nc(N2CCC(CC)(CC)C2)n1. The first-order chi connectivity index (χ1) is 10.2. The van der Waals surface area contributed by atoms with Gasteiger partial charge in [0.1, 0.15) is 0 Å². The summed E-state index contributed by atoms with van der Waals surface area (Å²) in [6, 6.07) is 0.406. The van der Waals surface area contributed by atoms with E-state index in [-0.39, 0.29) is 0 Å². The second kappa shape index (κ2) is 6.91. The van der Waals surface area contributed by atoms with Crippen molar-refractivity contribution in [2.45, 2.75) is 47.0 Å². The molecule has 0 bridgehead atoms. The average molecular weight is 293 g/mol. The minimum Gasteiger partial charge on any atom is -0.464 e. The van der Waals surface area contributed by atoms with E-state index in [0.717, 1.165) is 25.6 Å². The standard InChI is InChI=1S/C15H27N5O/c1-5-15(6-2)9-10-20(11-15)13-17-12(16-7-3)18-14(19-13)21-8-4/h5-11H2,1-4H3,(H,16,17,18,19). The molecule has 0 spiro atoms. The van der Waals surface area contributed by atoms with E-state index in [1.807, 2.05) is 13.8 Å². The molecule has 1 aliphatic heterocycles. The lowest BCUT2D eigenvalue weighted by Crippen LogP contribution is -2.28. The summed E-state index contributed by atoms with van der Waals surface area (Å²) >= 11 is 0. The highest BCUT2D eigenvalue weighted by molar-refractivity contribution is 5.40. The van der Waals surface area contributed by atoms with Crippen LogP contribution >= 0.6 is 0 Å². The molecule has 0 aromatic carbocycles. The Morgan fingerprint density at radius 2 is 1.90 bits per heavy atom. The molecule has 1 aliphatic rings. The van der Waals surface area contributed by atoms with Crippen LogP contribution in [0.3, 0.4) is 0 Å². The summed E-state index contributed by atoms with van der Waals surface area (Å²) in [5.41, 5.74) is 0.400. The maximum atomic E-state index is 5.47. The third-order valence-electron chi connectivity index (χ3n) is 4.43. The second-order valence-electron chi connectivity index (χ2n) is 5.58. The van der Waals surface area contributed by atoms with Gasteiger partial charge in [0, 0.05) is 19.6 Å². The predicted molar refractivity (Wildman–Crippen MR) is 85.0 cm³/mol. The van der Waals surface area contributed by atoms with Gasteiger partial charge in [-0.05, 0) is 38.5 Å². The Bertz CT molecular complexity index is 437. The van der Waals surface area contributed by atoms with Crippen molar-refractivity contribution in [3.05, 3.63) is 0 Å². The molecule has 1 aromatic rings. The van der Waals surface area contributed by atoms with Gasteiger partial charge < -0.3 is 15.0 Å². The van der Waals surface area contributed by atoms with E-state index >= 15 is 0 Å². The third kappa shape index (κ3) is 3.54. The Labute approximate surface area is 127 Å². The van der Waals surface area contributed by atoms with E-state index in [2.05, 4.69) is 39.0 Å². The van der Waals surface area contributed by atoms with Gasteiger partial charge in [-0.1, -0.05) is 13.8 Å². The van der Waals surface area contributed by atoms with Crippen molar-refractivity contribution < 1.29 is 4.74 Å². The number of anilines is 2. The van der Waals surface area contributed by atoms with E-state index in [4.69, 9.17) is 4.74 Å². The quantitative estimate of drug-likeness (QED) is 0.834. The Morgan fingerprint density at radius 1 is 1.14 bits per heavy atom. The highest BCUT2D eigenvalue weighted by atomic mass is 16.5. The Morgan fingerprint density at radius 3 is 2.48 bits per heavy atom. The van der Waals surface area contributed by atoms with Crippen LogP contribution in [0.4, 0.5) is 11.9 Å². The largest absolute Gasteiger partial charge is 0.464 e. The first-order valence-corrected chi connectivity index (χ1v) is 8.04. The van der Waals surface area contributed by atoms with Crippen LogP contribution in [0, 0.1) is 5.41 Å². The number of nitrogens with zero attached hydrogens (tertiary/aromatic N) is 4. The minimum absolute atomic E-state index is 0.400. The molecule has 0 radical (unpaired) electrons. The van der Waals surface area contributed by atoms with E-state index < -0.39 is 0 Å². The molecule has 6 nitrogen and oxygen atoms in total. The molecule has 0 unspecified atom stereocenters. The smallest absolute Gasteiger partial charge is 0.323 e. The van der Waals surface area contributed by atoms with Gasteiger partial charge in [0.25, 0.3) is 0 Å². The van der Waals surface area contributed by atoms with Crippen LogP contribution in [-0.2, 0) is 0 Å². The summed E-state index contributed by atoms with van der Waals surface area (Å²) in [5, 5.41) is 3.15. The average Bonchev–Trinajstić information content (AvgIpc) is 2.93. The Hall–Kier alpha value is -1.59. The number of aromatic nitrogens is 3. The Balaban J connectivity index is 2.22. The van der Waals surface area contributed by atoms with Crippen LogP contribution in [0.25, 0.3) is 0 Å². The van der Waals surface area contributed by atoms with Gasteiger partial charge in [0.05, 0.1) is 6.61 Å². The summed E-state index contributed by atoms with van der Waals surface area (Å²) in [6.45, 7) is 11.9. The van der Waals surface area contributed by atoms with Crippen molar-refractivity contribution in [1.82, 2.24) is 15.0 Å². The number of nitrogens with one attached hydrogen (secondary N) is 1. The normalized spacial score (nSPS) is 17.0. The lowest BCUT2D eigenvalue weighted by Gasteiger charge is -2.26. The highest BCUT2D eigenvalue weighted by Crippen LogP contribution is 2.38. The van der Waals surface area contributed by atoms with Crippen molar-refractivity contribution in [2.75, 3.05) is 36.5 Å². The van der Waals surface area contributed by atoms with Crippen molar-refractivity contribution in [3.63, 3.8) is 0 Å². The molecule has 0 saturated carbocycles. The second-order valence-corrected chi connectivity index (χ2v) is 5.58. The number of rotatable bonds is 7. The van der Waals surface area contributed by atoms with Gasteiger partial charge in [-0.3, -0.25) is 0 Å². The topological polar surface area (TPSA) is 63.2 Å². The van der Waals surface area contributed by atoms with Crippen molar-refractivity contribution >= 4 is 11.9 Å². The fraction of sp³-hybridized carbons (Fsp3) is 0.800. The molecule has 1 N–H and O–H groups in total. The summed E-state index contributed by atoms with van der Waals surface area (Å²) in [5.74, 6) is 1.32. The van der Waals surface area contributed by atoms with Crippen molar-refractivity contribution in [2.24, 2.45) is 5.41 Å². The van der Waals surface area contributed by atoms with E-state index in [0.29, 0.717) is 24.0 Å². The summed E-state index contributed by atoms with van der Waals surface area (Å²) in [7, 11) is 0. The van der Waals surface area contributed by atoms with Crippen LogP contribution < -0.4 is 15.0 Å². The van der Waals surface area contributed by atoms with Gasteiger partial charge in [-0.2, -0.15) is 15.0 Å². The highest BCUT2D eigenvalue weighted by Gasteiger charge is 2.36. The first-order valence-electron chi connectivity index (χ1n) is 8.04. The summed E-state index contributed by atoms with van der Waals surface area (Å²) in [6.07, 6.45) is 3.60. The minimum atomic E-state index is 0.400. The van der Waals surface area contributed by atoms with E-state index in [9.17, 15) is 0 Å². The zero-order chi connectivity index (χ0) is 15.3. The predicted octanol–water partition coefficient (Wildman–Crippen LogP) is 2.72. The number of hydrogen-bond donors (Lipinski definition) is 1. The van der Waals surface area contributed by atoms with Gasteiger partial charge in [0.15, 0.2) is 0 Å². The van der Waals surface area contributed by atoms with Gasteiger partial charge in [-0.25, -0.2) is 0 Å². The first kappa shape index (κ1) is 15.8. The molecule has 1 aromatic heterocycles. The summed E-state index contributed by atoms with van der Waals surface area (Å²) in [4.78, 5) is 15.5. The molecule has 118 valence electrons. The van der Waals surface area contributed by atoms with Gasteiger partial charge >= 0.3 is 6.01 Å². The third-order valence-corrected chi connectivity index (χ3v) is 4.43. The molecular weight excluding hydrogens is 266 g/mol. The fourth-order valence-electron chi connectivity index (χ4n) is 2.85. The van der Waals surface area contributed by atoms with Crippen LogP contribution in [0.5, 0.6) is 6.01 Å². The van der Waals surface area contributed by atoms with Gasteiger partial charge in [-0.15, -0.1) is 0 Å².